The lowest BCUT2D eigenvalue weighted by Crippen LogP contribution is -2.02. The summed E-state index contributed by atoms with van der Waals surface area (Å²) in [4.78, 5) is 0. The largest absolute Gasteiger partial charge is 0.490 e. The maximum absolute atomic E-state index is 5.78. The maximum Gasteiger partial charge on any atom is 0.172 e. The summed E-state index contributed by atoms with van der Waals surface area (Å²) >= 11 is 5.78. The van der Waals surface area contributed by atoms with E-state index in [4.69, 9.17) is 21.1 Å². The Kier molecular flexibility index (Phi) is 4.48. The van der Waals surface area contributed by atoms with Crippen molar-refractivity contribution in [3.05, 3.63) is 65.7 Å². The minimum absolute atomic E-state index is 0.395. The number of rotatable bonds is 5. The lowest BCUT2D eigenvalue weighted by molar-refractivity contribution is 0.272. The van der Waals surface area contributed by atoms with Crippen LogP contribution < -0.4 is 9.47 Å². The summed E-state index contributed by atoms with van der Waals surface area (Å²) in [5, 5.41) is 0.693. The van der Waals surface area contributed by atoms with Crippen molar-refractivity contribution < 1.29 is 9.47 Å². The Labute approximate surface area is 112 Å². The number of ether oxygens (including phenoxy) is 2. The highest BCUT2D eigenvalue weighted by molar-refractivity contribution is 6.30. The third kappa shape index (κ3) is 3.97. The SMILES string of the molecule is Cc1ccc(OC[CH]Oc2ccc(Cl)cc2)cc1. The molecule has 2 rings (SSSR count). The lowest BCUT2D eigenvalue weighted by Gasteiger charge is -2.07. The quantitative estimate of drug-likeness (QED) is 0.749. The minimum Gasteiger partial charge on any atom is -0.490 e. The molecular formula is C15H14ClO2. The van der Waals surface area contributed by atoms with Gasteiger partial charge in [0.05, 0.1) is 0 Å². The first-order valence-electron chi connectivity index (χ1n) is 5.67. The molecule has 2 aromatic carbocycles. The van der Waals surface area contributed by atoms with Gasteiger partial charge >= 0.3 is 0 Å². The van der Waals surface area contributed by atoms with Crippen molar-refractivity contribution in [2.75, 3.05) is 6.61 Å². The second-order valence-corrected chi connectivity index (χ2v) is 4.30. The van der Waals surface area contributed by atoms with Crippen molar-refractivity contribution in [3.63, 3.8) is 0 Å². The van der Waals surface area contributed by atoms with Crippen molar-refractivity contribution in [1.29, 1.82) is 0 Å². The molecule has 0 saturated carbocycles. The zero-order chi connectivity index (χ0) is 12.8. The molecule has 0 amide bonds. The van der Waals surface area contributed by atoms with E-state index in [9.17, 15) is 0 Å². The summed E-state index contributed by atoms with van der Waals surface area (Å²) < 4.78 is 10.9. The standard InChI is InChI=1S/C15H14ClO2/c1-12-2-6-14(7-3-12)17-10-11-18-15-8-4-13(16)5-9-15/h2-9,11H,10H2,1H3. The van der Waals surface area contributed by atoms with Crippen LogP contribution in [0.1, 0.15) is 5.56 Å². The minimum atomic E-state index is 0.395. The van der Waals surface area contributed by atoms with E-state index in [0.29, 0.717) is 11.6 Å². The highest BCUT2D eigenvalue weighted by Crippen LogP contribution is 2.16. The zero-order valence-corrected chi connectivity index (χ0v) is 10.9. The molecule has 0 fully saturated rings. The van der Waals surface area contributed by atoms with Gasteiger partial charge in [-0.15, -0.1) is 0 Å². The normalized spacial score (nSPS) is 10.1. The second kappa shape index (κ2) is 6.31. The van der Waals surface area contributed by atoms with Crippen LogP contribution in [0.5, 0.6) is 11.5 Å². The van der Waals surface area contributed by atoms with Crippen LogP contribution in [0.15, 0.2) is 48.5 Å². The van der Waals surface area contributed by atoms with E-state index in [1.165, 1.54) is 5.56 Å². The fraction of sp³-hybridized carbons (Fsp3) is 0.133. The van der Waals surface area contributed by atoms with Crippen LogP contribution in [-0.2, 0) is 0 Å². The van der Waals surface area contributed by atoms with Gasteiger partial charge in [0.2, 0.25) is 0 Å². The van der Waals surface area contributed by atoms with Gasteiger partial charge in [-0.1, -0.05) is 29.3 Å². The van der Waals surface area contributed by atoms with E-state index in [1.807, 2.05) is 43.3 Å². The van der Waals surface area contributed by atoms with Gasteiger partial charge in [-0.25, -0.2) is 0 Å². The van der Waals surface area contributed by atoms with E-state index < -0.39 is 0 Å². The Bertz CT molecular complexity index is 429. The molecule has 0 unspecified atom stereocenters. The van der Waals surface area contributed by atoms with Gasteiger partial charge in [0.1, 0.15) is 18.1 Å². The van der Waals surface area contributed by atoms with E-state index in [-0.39, 0.29) is 0 Å². The molecule has 0 atom stereocenters. The number of halogens is 1. The predicted octanol–water partition coefficient (Wildman–Crippen LogP) is 4.27. The Hall–Kier alpha value is -1.67. The zero-order valence-electron chi connectivity index (χ0n) is 10.1. The fourth-order valence-corrected chi connectivity index (χ4v) is 1.53. The molecule has 0 spiro atoms. The molecule has 93 valence electrons. The molecule has 0 aromatic heterocycles. The summed E-state index contributed by atoms with van der Waals surface area (Å²) in [7, 11) is 0. The Morgan fingerprint density at radius 3 is 2.22 bits per heavy atom. The van der Waals surface area contributed by atoms with Gasteiger partial charge in [-0.3, -0.25) is 0 Å². The molecule has 3 heteroatoms. The number of hydrogen-bond donors (Lipinski definition) is 0. The molecule has 1 radical (unpaired) electrons. The predicted molar refractivity (Wildman–Crippen MR) is 73.1 cm³/mol. The van der Waals surface area contributed by atoms with Crippen LogP contribution in [0.25, 0.3) is 0 Å². The molecule has 18 heavy (non-hydrogen) atoms. The van der Waals surface area contributed by atoms with Crippen LogP contribution in [0.2, 0.25) is 5.02 Å². The summed E-state index contributed by atoms with van der Waals surface area (Å²) in [5.74, 6) is 1.57. The first-order chi connectivity index (χ1) is 8.74. The molecule has 0 aliphatic carbocycles. The van der Waals surface area contributed by atoms with Gasteiger partial charge in [0.15, 0.2) is 6.61 Å². The third-order valence-electron chi connectivity index (χ3n) is 2.37. The molecule has 2 nitrogen and oxygen atoms in total. The Balaban J connectivity index is 1.73. The third-order valence-corrected chi connectivity index (χ3v) is 2.62. The lowest BCUT2D eigenvalue weighted by atomic mass is 10.2. The van der Waals surface area contributed by atoms with Crippen molar-refractivity contribution in [2.45, 2.75) is 6.92 Å². The van der Waals surface area contributed by atoms with Crippen LogP contribution >= 0.6 is 11.6 Å². The van der Waals surface area contributed by atoms with E-state index in [1.54, 1.807) is 18.7 Å². The summed E-state index contributed by atoms with van der Waals surface area (Å²) in [6.07, 6.45) is 0. The highest BCUT2D eigenvalue weighted by Gasteiger charge is 1.96. The molecule has 0 heterocycles. The van der Waals surface area contributed by atoms with Gasteiger partial charge < -0.3 is 9.47 Å². The van der Waals surface area contributed by atoms with Crippen LogP contribution in [0, 0.1) is 13.5 Å². The van der Waals surface area contributed by atoms with Crippen molar-refractivity contribution >= 4 is 11.6 Å². The molecule has 0 aliphatic heterocycles. The average molecular weight is 262 g/mol. The summed E-state index contributed by atoms with van der Waals surface area (Å²) in [6, 6.07) is 15.1. The van der Waals surface area contributed by atoms with Crippen molar-refractivity contribution in [2.24, 2.45) is 0 Å². The van der Waals surface area contributed by atoms with Crippen molar-refractivity contribution in [3.8, 4) is 11.5 Å². The summed E-state index contributed by atoms with van der Waals surface area (Å²) in [5.41, 5.74) is 1.21. The van der Waals surface area contributed by atoms with E-state index in [0.717, 1.165) is 11.5 Å². The molecule has 0 bridgehead atoms. The average Bonchev–Trinajstić information content (AvgIpc) is 2.39. The number of aryl methyl sites for hydroxylation is 1. The molecule has 0 N–H and O–H groups in total. The monoisotopic (exact) mass is 261 g/mol. The van der Waals surface area contributed by atoms with Gasteiger partial charge in [-0.05, 0) is 43.3 Å². The first kappa shape index (κ1) is 12.8. The maximum atomic E-state index is 5.78. The van der Waals surface area contributed by atoms with Gasteiger partial charge in [0, 0.05) is 5.02 Å². The summed E-state index contributed by atoms with van der Waals surface area (Å²) in [6.45, 7) is 4.05. The Morgan fingerprint density at radius 2 is 1.56 bits per heavy atom. The fourth-order valence-electron chi connectivity index (χ4n) is 1.41. The van der Waals surface area contributed by atoms with Crippen LogP contribution in [0.4, 0.5) is 0 Å². The van der Waals surface area contributed by atoms with E-state index >= 15 is 0 Å². The van der Waals surface area contributed by atoms with Gasteiger partial charge in [0.25, 0.3) is 0 Å². The van der Waals surface area contributed by atoms with Gasteiger partial charge in [-0.2, -0.15) is 0 Å². The molecule has 0 saturated heterocycles. The topological polar surface area (TPSA) is 18.5 Å². The van der Waals surface area contributed by atoms with Crippen LogP contribution in [0.3, 0.4) is 0 Å². The smallest absolute Gasteiger partial charge is 0.172 e. The number of benzene rings is 2. The van der Waals surface area contributed by atoms with Crippen LogP contribution in [-0.4, -0.2) is 6.61 Å². The second-order valence-electron chi connectivity index (χ2n) is 3.86. The molecular weight excluding hydrogens is 248 g/mol. The molecule has 0 aliphatic rings. The highest BCUT2D eigenvalue weighted by atomic mass is 35.5. The first-order valence-corrected chi connectivity index (χ1v) is 6.05. The van der Waals surface area contributed by atoms with E-state index in [2.05, 4.69) is 0 Å². The number of hydrogen-bond acceptors (Lipinski definition) is 2. The molecule has 2 aromatic rings. The van der Waals surface area contributed by atoms with Crippen molar-refractivity contribution in [1.82, 2.24) is 0 Å². The Morgan fingerprint density at radius 1 is 0.944 bits per heavy atom.